The van der Waals surface area contributed by atoms with E-state index in [-0.39, 0.29) is 29.2 Å². The summed E-state index contributed by atoms with van der Waals surface area (Å²) in [4.78, 5) is 58.6. The van der Waals surface area contributed by atoms with Gasteiger partial charge in [0.05, 0.1) is 31.0 Å². The molecule has 0 saturated carbocycles. The molecule has 3 amide bonds. The van der Waals surface area contributed by atoms with Crippen molar-refractivity contribution >= 4 is 23.4 Å². The summed E-state index contributed by atoms with van der Waals surface area (Å²) >= 11 is 0. The first-order valence-corrected chi connectivity index (χ1v) is 15.4. The maximum Gasteiger partial charge on any atom is 0.264 e. The van der Waals surface area contributed by atoms with Crippen LogP contribution in [0.4, 0.5) is 5.69 Å². The molecular formula is C34H36N4O6. The number of amides is 3. The van der Waals surface area contributed by atoms with Gasteiger partial charge in [-0.25, -0.2) is 0 Å². The summed E-state index contributed by atoms with van der Waals surface area (Å²) in [6, 6.07) is 16.3. The number of piperidine rings is 1. The van der Waals surface area contributed by atoms with E-state index in [0.29, 0.717) is 85.2 Å². The predicted octanol–water partition coefficient (Wildman–Crippen LogP) is 4.19. The van der Waals surface area contributed by atoms with Crippen molar-refractivity contribution in [3.8, 4) is 11.5 Å². The van der Waals surface area contributed by atoms with Crippen LogP contribution in [0.15, 0.2) is 59.4 Å². The molecule has 0 radical (unpaired) electrons. The van der Waals surface area contributed by atoms with Crippen molar-refractivity contribution in [2.45, 2.75) is 50.7 Å². The quantitative estimate of drug-likeness (QED) is 0.362. The number of hydrogen-bond acceptors (Lipinski definition) is 6. The zero-order chi connectivity index (χ0) is 30.5. The molecule has 10 nitrogen and oxygen atoms in total. The van der Waals surface area contributed by atoms with Crippen molar-refractivity contribution in [2.75, 3.05) is 38.8 Å². The SMILES string of the molecule is COc1ccc2c(c1OC)C(=O)N1c3ccccc3C(=O)N(CCCCCC(=O)N3C[C@H]4C[C@@H](C3)c3cccc(=O)n3C4)[C@@H]21. The second kappa shape index (κ2) is 11.2. The zero-order valence-electron chi connectivity index (χ0n) is 25.0. The second-order valence-corrected chi connectivity index (χ2v) is 12.1. The minimum Gasteiger partial charge on any atom is -0.493 e. The fourth-order valence-corrected chi connectivity index (χ4v) is 7.64. The molecule has 4 aliphatic rings. The Morgan fingerprint density at radius 1 is 0.864 bits per heavy atom. The number of pyridine rings is 1. The van der Waals surface area contributed by atoms with E-state index >= 15 is 0 Å². The molecule has 228 valence electrons. The van der Waals surface area contributed by atoms with Crippen molar-refractivity contribution in [2.24, 2.45) is 5.92 Å². The Morgan fingerprint density at radius 3 is 2.52 bits per heavy atom. The van der Waals surface area contributed by atoms with Gasteiger partial charge in [0.25, 0.3) is 17.4 Å². The molecule has 1 aromatic heterocycles. The largest absolute Gasteiger partial charge is 0.493 e. The molecule has 10 heteroatoms. The lowest BCUT2D eigenvalue weighted by Crippen LogP contribution is -2.49. The van der Waals surface area contributed by atoms with Crippen LogP contribution in [0, 0.1) is 5.92 Å². The predicted molar refractivity (Wildman–Crippen MR) is 163 cm³/mol. The van der Waals surface area contributed by atoms with Gasteiger partial charge in [-0.05, 0) is 49.4 Å². The number of hydrogen-bond donors (Lipinski definition) is 0. The molecule has 1 fully saturated rings. The Morgan fingerprint density at radius 2 is 1.70 bits per heavy atom. The topological polar surface area (TPSA) is 101 Å². The van der Waals surface area contributed by atoms with Gasteiger partial charge < -0.3 is 23.8 Å². The third-order valence-electron chi connectivity index (χ3n) is 9.61. The number of ether oxygens (including phenoxy) is 2. The molecule has 0 unspecified atom stereocenters. The Hall–Kier alpha value is -4.60. The summed E-state index contributed by atoms with van der Waals surface area (Å²) in [6.45, 7) is 2.46. The van der Waals surface area contributed by atoms with Crippen LogP contribution in [0.25, 0.3) is 0 Å². The van der Waals surface area contributed by atoms with Gasteiger partial charge in [0, 0.05) is 55.8 Å². The van der Waals surface area contributed by atoms with E-state index in [1.54, 1.807) is 28.0 Å². The lowest BCUT2D eigenvalue weighted by molar-refractivity contribution is -0.134. The van der Waals surface area contributed by atoms with Crippen molar-refractivity contribution in [1.29, 1.82) is 0 Å². The number of para-hydroxylation sites is 1. The lowest BCUT2D eigenvalue weighted by Gasteiger charge is -2.42. The highest BCUT2D eigenvalue weighted by molar-refractivity contribution is 6.18. The average Bonchev–Trinajstić information content (AvgIpc) is 3.34. The molecule has 0 N–H and O–H groups in total. The number of anilines is 1. The maximum absolute atomic E-state index is 13.8. The summed E-state index contributed by atoms with van der Waals surface area (Å²) in [7, 11) is 3.04. The second-order valence-electron chi connectivity index (χ2n) is 12.1. The van der Waals surface area contributed by atoms with Crippen molar-refractivity contribution < 1.29 is 23.9 Å². The van der Waals surface area contributed by atoms with E-state index in [0.717, 1.165) is 18.5 Å². The van der Waals surface area contributed by atoms with Crippen molar-refractivity contribution in [3.63, 3.8) is 0 Å². The summed E-state index contributed by atoms with van der Waals surface area (Å²) in [5, 5.41) is 0. The molecule has 0 aliphatic carbocycles. The third kappa shape index (κ3) is 4.46. The van der Waals surface area contributed by atoms with Crippen molar-refractivity contribution in [3.05, 3.63) is 87.3 Å². The maximum atomic E-state index is 13.8. The van der Waals surface area contributed by atoms with Crippen LogP contribution in [-0.2, 0) is 11.3 Å². The summed E-state index contributed by atoms with van der Waals surface area (Å²) in [5.74, 6) is 1.14. The number of likely N-dealkylation sites (tertiary alicyclic amines) is 1. The summed E-state index contributed by atoms with van der Waals surface area (Å²) < 4.78 is 12.9. The van der Waals surface area contributed by atoms with Gasteiger partial charge in [0.1, 0.15) is 6.17 Å². The van der Waals surface area contributed by atoms with Crippen LogP contribution in [0.3, 0.4) is 0 Å². The first-order valence-electron chi connectivity index (χ1n) is 15.4. The number of fused-ring (bicyclic) bond motifs is 9. The van der Waals surface area contributed by atoms with Gasteiger partial charge in [-0.3, -0.25) is 24.1 Å². The monoisotopic (exact) mass is 596 g/mol. The molecule has 3 aromatic rings. The molecule has 5 heterocycles. The number of carbonyl (C=O) groups is 3. The van der Waals surface area contributed by atoms with Crippen LogP contribution in [0.1, 0.15) is 76.2 Å². The Balaban J connectivity index is 1.02. The van der Waals surface area contributed by atoms with Crippen LogP contribution >= 0.6 is 0 Å². The highest BCUT2D eigenvalue weighted by Crippen LogP contribution is 2.49. The van der Waals surface area contributed by atoms with Crippen LogP contribution < -0.4 is 19.9 Å². The van der Waals surface area contributed by atoms with Gasteiger partial charge in [-0.15, -0.1) is 0 Å². The minimum atomic E-state index is -0.579. The summed E-state index contributed by atoms with van der Waals surface area (Å²) in [6.07, 6.45) is 3.08. The Bertz CT molecular complexity index is 1720. The average molecular weight is 597 g/mol. The number of nitrogens with zero attached hydrogens (tertiary/aromatic N) is 4. The highest BCUT2D eigenvalue weighted by atomic mass is 16.5. The van der Waals surface area contributed by atoms with Crippen molar-refractivity contribution in [1.82, 2.24) is 14.4 Å². The van der Waals surface area contributed by atoms with Gasteiger partial charge in [0.2, 0.25) is 5.91 Å². The first kappa shape index (κ1) is 28.2. The zero-order valence-corrected chi connectivity index (χ0v) is 25.0. The minimum absolute atomic E-state index is 0.0418. The molecule has 4 aliphatic heterocycles. The van der Waals surface area contributed by atoms with Gasteiger partial charge in [-0.2, -0.15) is 0 Å². The van der Waals surface area contributed by atoms with E-state index in [4.69, 9.17) is 9.47 Å². The number of benzene rings is 2. The standard InChI is InChI=1S/C34H36N4O6/c1-43-27-15-14-24-30(31(27)44-2)34(42)38-26-10-6-5-9-23(26)33(41)36(32(24)38)16-7-3-4-12-28(39)35-18-21-17-22(20-35)25-11-8-13-29(40)37(25)19-21/h5-6,8-11,13-15,21-22,32H,3-4,7,12,16-20H2,1-2H3/t21-,22+,32-/m1/s1. The molecule has 2 aromatic carbocycles. The van der Waals surface area contributed by atoms with Crippen LogP contribution in [0.2, 0.25) is 0 Å². The van der Waals surface area contributed by atoms with Gasteiger partial charge >= 0.3 is 0 Å². The van der Waals surface area contributed by atoms with E-state index in [2.05, 4.69) is 0 Å². The molecular weight excluding hydrogens is 560 g/mol. The van der Waals surface area contributed by atoms with E-state index in [1.165, 1.54) is 14.2 Å². The number of carbonyl (C=O) groups excluding carboxylic acids is 3. The molecule has 0 spiro atoms. The smallest absolute Gasteiger partial charge is 0.264 e. The van der Waals surface area contributed by atoms with Crippen LogP contribution in [0.5, 0.6) is 11.5 Å². The number of methoxy groups -OCH3 is 2. The molecule has 3 atom stereocenters. The number of unbranched alkanes of at least 4 members (excludes halogenated alkanes) is 2. The fourth-order valence-electron chi connectivity index (χ4n) is 7.64. The van der Waals surface area contributed by atoms with Crippen LogP contribution in [-0.4, -0.2) is 65.9 Å². The number of rotatable bonds is 8. The molecule has 7 rings (SSSR count). The van der Waals surface area contributed by atoms with Gasteiger partial charge in [-0.1, -0.05) is 30.7 Å². The lowest BCUT2D eigenvalue weighted by atomic mass is 9.83. The number of aromatic nitrogens is 1. The summed E-state index contributed by atoms with van der Waals surface area (Å²) in [5.41, 5.74) is 3.29. The molecule has 2 bridgehead atoms. The first-order chi connectivity index (χ1) is 21.4. The van der Waals surface area contributed by atoms with E-state index < -0.39 is 6.17 Å². The molecule has 44 heavy (non-hydrogen) atoms. The van der Waals surface area contributed by atoms with Gasteiger partial charge in [0.15, 0.2) is 11.5 Å². The molecule has 1 saturated heterocycles. The highest BCUT2D eigenvalue weighted by Gasteiger charge is 2.49. The normalized spacial score (nSPS) is 21.4. The van der Waals surface area contributed by atoms with E-state index in [9.17, 15) is 19.2 Å². The fraction of sp³-hybridized carbons (Fsp3) is 0.412. The van der Waals surface area contributed by atoms with E-state index in [1.807, 2.05) is 45.9 Å². The Kier molecular flexibility index (Phi) is 7.14. The third-order valence-corrected chi connectivity index (χ3v) is 9.61. The Labute approximate surface area is 255 Å².